The zero-order valence-electron chi connectivity index (χ0n) is 15.2. The van der Waals surface area contributed by atoms with Crippen molar-refractivity contribution in [1.82, 2.24) is 9.97 Å². The first-order valence-corrected chi connectivity index (χ1v) is 8.88. The maximum Gasteiger partial charge on any atom is 0.256 e. The Bertz CT molecular complexity index is 1090. The van der Waals surface area contributed by atoms with E-state index in [9.17, 15) is 14.0 Å². The van der Waals surface area contributed by atoms with Crippen LogP contribution in [0.3, 0.4) is 0 Å². The van der Waals surface area contributed by atoms with Crippen molar-refractivity contribution < 1.29 is 13.9 Å². The van der Waals surface area contributed by atoms with E-state index in [0.717, 1.165) is 5.56 Å². The van der Waals surface area contributed by atoms with E-state index >= 15 is 0 Å². The van der Waals surface area contributed by atoms with Crippen LogP contribution in [0.25, 0.3) is 0 Å². The molecule has 7 heteroatoms. The smallest absolute Gasteiger partial charge is 0.256 e. The lowest BCUT2D eigenvalue weighted by atomic mass is 9.87. The molecule has 0 saturated heterocycles. The van der Waals surface area contributed by atoms with E-state index in [2.05, 4.69) is 15.3 Å². The topological polar surface area (TPSA) is 84.1 Å². The third kappa shape index (κ3) is 3.51. The molecule has 1 aliphatic rings. The Hall–Kier alpha value is -3.48. The second kappa shape index (κ2) is 7.26. The third-order valence-corrected chi connectivity index (χ3v) is 4.70. The van der Waals surface area contributed by atoms with E-state index in [0.29, 0.717) is 28.5 Å². The number of hydrogen-bond donors (Lipinski definition) is 2. The lowest BCUT2D eigenvalue weighted by Gasteiger charge is -2.24. The number of aromatic amines is 1. The quantitative estimate of drug-likeness (QED) is 0.729. The Kier molecular flexibility index (Phi) is 4.65. The van der Waals surface area contributed by atoms with Gasteiger partial charge in [-0.2, -0.15) is 0 Å². The van der Waals surface area contributed by atoms with Gasteiger partial charge in [0.2, 0.25) is 5.91 Å². The summed E-state index contributed by atoms with van der Waals surface area (Å²) in [5.41, 5.74) is 1.47. The molecule has 0 spiro atoms. The lowest BCUT2D eigenvalue weighted by molar-refractivity contribution is -0.116. The summed E-state index contributed by atoms with van der Waals surface area (Å²) in [6, 6.07) is 13.6. The zero-order valence-corrected chi connectivity index (χ0v) is 15.2. The number of carbonyl (C=O) groups excluding carboxylic acids is 1. The Morgan fingerprint density at radius 2 is 1.89 bits per heavy atom. The van der Waals surface area contributed by atoms with Crippen LogP contribution in [0.1, 0.15) is 34.9 Å². The molecule has 2 heterocycles. The van der Waals surface area contributed by atoms with Gasteiger partial charge in [-0.1, -0.05) is 30.3 Å². The Morgan fingerprint density at radius 3 is 2.64 bits per heavy atom. The van der Waals surface area contributed by atoms with Crippen LogP contribution >= 0.6 is 0 Å². The van der Waals surface area contributed by atoms with Crippen LogP contribution in [0, 0.1) is 12.7 Å². The largest absolute Gasteiger partial charge is 0.489 e. The number of aryl methyl sites for hydroxylation is 1. The molecule has 0 radical (unpaired) electrons. The minimum absolute atomic E-state index is 0.115. The van der Waals surface area contributed by atoms with E-state index in [1.165, 1.54) is 6.07 Å². The molecule has 2 aromatic carbocycles. The predicted octanol–water partition coefficient (Wildman–Crippen LogP) is 3.27. The average molecular weight is 379 g/mol. The number of halogens is 1. The van der Waals surface area contributed by atoms with Crippen molar-refractivity contribution in [2.24, 2.45) is 0 Å². The maximum atomic E-state index is 13.7. The van der Waals surface area contributed by atoms with Crippen molar-refractivity contribution in [2.75, 3.05) is 5.32 Å². The van der Waals surface area contributed by atoms with Gasteiger partial charge in [0.05, 0.1) is 5.56 Å². The highest BCUT2D eigenvalue weighted by Crippen LogP contribution is 2.34. The monoisotopic (exact) mass is 379 g/mol. The zero-order chi connectivity index (χ0) is 19.7. The number of benzene rings is 2. The van der Waals surface area contributed by atoms with E-state index in [4.69, 9.17) is 4.74 Å². The van der Waals surface area contributed by atoms with Gasteiger partial charge in [-0.05, 0) is 30.7 Å². The summed E-state index contributed by atoms with van der Waals surface area (Å²) in [6.07, 6.45) is 0.163. The van der Waals surface area contributed by atoms with E-state index < -0.39 is 0 Å². The molecule has 0 unspecified atom stereocenters. The van der Waals surface area contributed by atoms with Crippen molar-refractivity contribution in [1.29, 1.82) is 0 Å². The van der Waals surface area contributed by atoms with Crippen molar-refractivity contribution in [2.45, 2.75) is 25.9 Å². The highest BCUT2D eigenvalue weighted by atomic mass is 19.1. The normalized spacial score (nSPS) is 15.6. The number of aromatic nitrogens is 2. The van der Waals surface area contributed by atoms with Gasteiger partial charge in [0.15, 0.2) is 0 Å². The molecule has 3 aromatic rings. The lowest BCUT2D eigenvalue weighted by Crippen LogP contribution is -2.31. The number of carbonyl (C=O) groups is 1. The molecular formula is C21H18FN3O3. The molecule has 0 fully saturated rings. The van der Waals surface area contributed by atoms with Crippen LogP contribution in [0.5, 0.6) is 5.75 Å². The van der Waals surface area contributed by atoms with Gasteiger partial charge in [0.25, 0.3) is 5.56 Å². The fraction of sp³-hybridized carbons (Fsp3) is 0.190. The van der Waals surface area contributed by atoms with Crippen LogP contribution in [-0.4, -0.2) is 15.9 Å². The molecule has 0 aliphatic carbocycles. The number of nitrogens with one attached hydrogen (secondary N) is 2. The summed E-state index contributed by atoms with van der Waals surface area (Å²) >= 11 is 0. The molecule has 28 heavy (non-hydrogen) atoms. The van der Waals surface area contributed by atoms with Gasteiger partial charge >= 0.3 is 0 Å². The minimum atomic E-state index is -0.388. The second-order valence-corrected chi connectivity index (χ2v) is 6.67. The summed E-state index contributed by atoms with van der Waals surface area (Å²) in [4.78, 5) is 31.4. The molecule has 1 aromatic heterocycles. The van der Waals surface area contributed by atoms with Crippen LogP contribution in [0.4, 0.5) is 10.2 Å². The fourth-order valence-electron chi connectivity index (χ4n) is 3.34. The van der Waals surface area contributed by atoms with Gasteiger partial charge in [-0.15, -0.1) is 0 Å². The number of amides is 1. The molecule has 1 atom stereocenters. The van der Waals surface area contributed by atoms with Gasteiger partial charge < -0.3 is 15.0 Å². The molecule has 2 N–H and O–H groups in total. The number of hydrogen-bond acceptors (Lipinski definition) is 4. The summed E-state index contributed by atoms with van der Waals surface area (Å²) < 4.78 is 19.3. The van der Waals surface area contributed by atoms with Crippen molar-refractivity contribution in [3.63, 3.8) is 0 Å². The fourth-order valence-corrected chi connectivity index (χ4v) is 3.34. The molecule has 6 nitrogen and oxygen atoms in total. The minimum Gasteiger partial charge on any atom is -0.489 e. The van der Waals surface area contributed by atoms with Crippen LogP contribution in [-0.2, 0) is 11.4 Å². The standard InChI is InChI=1S/C21H18FN3O3/c1-12-23-20-19(21(27)24-12)16(10-18(26)25-20)13-6-8-15(9-7-13)28-11-14-4-2-3-5-17(14)22/h2-9,16H,10-11H2,1H3,(H2,23,24,25,26,27)/t16-/m0/s1. The SMILES string of the molecule is Cc1nc2c(c(=O)[nH]1)[C@H](c1ccc(OCc3ccccc3F)cc1)CC(=O)N2. The van der Waals surface area contributed by atoms with Crippen LogP contribution < -0.4 is 15.6 Å². The molecule has 142 valence electrons. The highest BCUT2D eigenvalue weighted by Gasteiger charge is 2.30. The number of fused-ring (bicyclic) bond motifs is 1. The molecule has 4 rings (SSSR count). The van der Waals surface area contributed by atoms with Gasteiger partial charge in [0.1, 0.15) is 29.8 Å². The Labute approximate surface area is 160 Å². The van der Waals surface area contributed by atoms with Gasteiger partial charge in [-0.3, -0.25) is 9.59 Å². The van der Waals surface area contributed by atoms with Crippen LogP contribution in [0.2, 0.25) is 0 Å². The number of ether oxygens (including phenoxy) is 1. The predicted molar refractivity (Wildman–Crippen MR) is 102 cm³/mol. The van der Waals surface area contributed by atoms with Crippen LogP contribution in [0.15, 0.2) is 53.3 Å². The molecule has 0 bridgehead atoms. The summed E-state index contributed by atoms with van der Waals surface area (Å²) in [6.45, 7) is 1.78. The molecule has 1 aliphatic heterocycles. The first-order chi connectivity index (χ1) is 13.5. The highest BCUT2D eigenvalue weighted by molar-refractivity contribution is 5.94. The number of nitrogens with zero attached hydrogens (tertiary/aromatic N) is 1. The van der Waals surface area contributed by atoms with E-state index in [1.807, 2.05) is 12.1 Å². The molecule has 1 amide bonds. The average Bonchev–Trinajstić information content (AvgIpc) is 2.66. The number of H-pyrrole nitrogens is 1. The molecular weight excluding hydrogens is 361 g/mol. The van der Waals surface area contributed by atoms with Crippen molar-refractivity contribution in [3.8, 4) is 5.75 Å². The van der Waals surface area contributed by atoms with Gasteiger partial charge in [-0.25, -0.2) is 9.37 Å². The van der Waals surface area contributed by atoms with E-state index in [1.54, 1.807) is 37.3 Å². The van der Waals surface area contributed by atoms with Crippen molar-refractivity contribution in [3.05, 3.63) is 87.2 Å². The van der Waals surface area contributed by atoms with E-state index in [-0.39, 0.29) is 36.2 Å². The summed E-state index contributed by atoms with van der Waals surface area (Å²) in [5.74, 6) is 0.439. The maximum absolute atomic E-state index is 13.7. The Morgan fingerprint density at radius 1 is 1.14 bits per heavy atom. The summed E-state index contributed by atoms with van der Waals surface area (Å²) in [7, 11) is 0. The first kappa shape index (κ1) is 17.9. The van der Waals surface area contributed by atoms with Gasteiger partial charge in [0, 0.05) is 17.9 Å². The van der Waals surface area contributed by atoms with Crippen molar-refractivity contribution >= 4 is 11.7 Å². The number of anilines is 1. The third-order valence-electron chi connectivity index (χ3n) is 4.70. The molecule has 0 saturated carbocycles. The Balaban J connectivity index is 1.57. The number of rotatable bonds is 4. The summed E-state index contributed by atoms with van der Waals surface area (Å²) in [5, 5.41) is 2.67. The first-order valence-electron chi connectivity index (χ1n) is 8.88. The second-order valence-electron chi connectivity index (χ2n) is 6.67.